The monoisotopic (exact) mass is 610 g/mol. The Morgan fingerprint density at radius 1 is 0.955 bits per heavy atom. The third-order valence-corrected chi connectivity index (χ3v) is 7.43. The van der Waals surface area contributed by atoms with Crippen LogP contribution in [0.25, 0.3) is 39.0 Å². The van der Waals surface area contributed by atoms with Gasteiger partial charge in [0.15, 0.2) is 0 Å². The van der Waals surface area contributed by atoms with Gasteiger partial charge in [0.05, 0.1) is 30.7 Å². The van der Waals surface area contributed by atoms with Crippen LogP contribution in [0.3, 0.4) is 0 Å². The van der Waals surface area contributed by atoms with E-state index in [9.17, 15) is 28.6 Å². The Bertz CT molecular complexity index is 1900. The molecule has 0 aliphatic rings. The molecule has 7 nitrogen and oxygen atoms in total. The van der Waals surface area contributed by atoms with E-state index in [1.165, 1.54) is 30.3 Å². The van der Waals surface area contributed by atoms with Crippen molar-refractivity contribution in [1.29, 1.82) is 0 Å². The predicted octanol–water partition coefficient (Wildman–Crippen LogP) is 5.48. The number of nitrogens with zero attached hydrogens (tertiary/aromatic N) is 2. The molecule has 3 aromatic carbocycles. The van der Waals surface area contributed by atoms with E-state index in [1.807, 2.05) is 42.7 Å². The van der Waals surface area contributed by atoms with Crippen molar-refractivity contribution in [1.82, 2.24) is 9.13 Å². The number of hydrogen-bond acceptors (Lipinski definition) is 4. The Morgan fingerprint density at radius 3 is 2.32 bits per heavy atom. The first-order valence-electron chi connectivity index (χ1n) is 14.0. The van der Waals surface area contributed by atoms with Gasteiger partial charge in [-0.05, 0) is 61.4 Å². The number of aliphatic hydroxyl groups excluding tert-OH is 2. The van der Waals surface area contributed by atoms with Crippen molar-refractivity contribution in [3.05, 3.63) is 112 Å². The van der Waals surface area contributed by atoms with Crippen molar-refractivity contribution in [2.24, 2.45) is 0 Å². The summed E-state index contributed by atoms with van der Waals surface area (Å²) in [5.74, 6) is -2.00. The molecule has 5 rings (SSSR count). The van der Waals surface area contributed by atoms with Crippen LogP contribution in [0, 0.1) is 11.6 Å². The number of carboxylic acids is 1. The van der Waals surface area contributed by atoms with Crippen molar-refractivity contribution < 1.29 is 28.9 Å². The Hall–Kier alpha value is -3.60. The summed E-state index contributed by atoms with van der Waals surface area (Å²) >= 11 is 0. The number of aromatic nitrogens is 2. The van der Waals surface area contributed by atoms with E-state index in [4.69, 9.17) is 5.11 Å². The molecule has 0 saturated heterocycles. The maximum absolute atomic E-state index is 14.4. The predicted molar refractivity (Wildman–Crippen MR) is 170 cm³/mol. The van der Waals surface area contributed by atoms with Crippen molar-refractivity contribution in [2.75, 3.05) is 0 Å². The molecule has 0 bridgehead atoms. The van der Waals surface area contributed by atoms with E-state index in [0.717, 1.165) is 5.39 Å². The standard InChI is InChI=1S/C34H32F2N2O5.Na.H/c1-20(2)38-29(15-14-25(39)17-26(40)18-30(41)42)31(22-10-12-23(35)13-11-22)32-27-8-3-4-9-28(27)37(34(43)33(32)38)19-21-6-5-7-24(36)16-21;;/h3-16,20,25-26,39-40H,17-19H2,1-2H3,(H,41,42);;/b15-14+;;/t25-,26+;;/m0../s1. The van der Waals surface area contributed by atoms with Gasteiger partial charge < -0.3 is 24.5 Å². The molecule has 0 fully saturated rings. The number of aliphatic carboxylic acids is 1. The van der Waals surface area contributed by atoms with Crippen LogP contribution in [-0.2, 0) is 11.3 Å². The van der Waals surface area contributed by atoms with Gasteiger partial charge in [0.2, 0.25) is 0 Å². The minimum atomic E-state index is -1.25. The number of hydrogen-bond donors (Lipinski definition) is 3. The Kier molecular flexibility index (Phi) is 10.6. The molecule has 0 radical (unpaired) electrons. The van der Waals surface area contributed by atoms with Gasteiger partial charge in [-0.1, -0.05) is 48.5 Å². The second-order valence-electron chi connectivity index (χ2n) is 10.9. The van der Waals surface area contributed by atoms with E-state index in [1.54, 1.807) is 34.9 Å². The van der Waals surface area contributed by atoms with Crippen LogP contribution < -0.4 is 5.56 Å². The third kappa shape index (κ3) is 6.87. The molecule has 44 heavy (non-hydrogen) atoms. The molecule has 10 heteroatoms. The molecular formula is C34H33F2N2NaO5. The first-order chi connectivity index (χ1) is 20.5. The molecule has 2 atom stereocenters. The molecule has 0 saturated carbocycles. The summed E-state index contributed by atoms with van der Waals surface area (Å²) in [6.07, 6.45) is -0.00541. The summed E-state index contributed by atoms with van der Waals surface area (Å²) in [4.78, 5) is 25.4. The van der Waals surface area contributed by atoms with E-state index >= 15 is 0 Å². The Balaban J connectivity index is 0.00000442. The number of rotatable bonds is 10. The molecule has 0 amide bonds. The molecule has 0 spiro atoms. The van der Waals surface area contributed by atoms with Crippen LogP contribution in [0.15, 0.2) is 83.7 Å². The number of aliphatic hydroxyl groups is 2. The van der Waals surface area contributed by atoms with Crippen LogP contribution in [0.1, 0.15) is 44.0 Å². The molecular weight excluding hydrogens is 577 g/mol. The first-order valence-corrected chi connectivity index (χ1v) is 14.0. The van der Waals surface area contributed by atoms with E-state index in [-0.39, 0.29) is 54.1 Å². The number of halogens is 2. The molecule has 5 aromatic rings. The summed E-state index contributed by atoms with van der Waals surface area (Å²) in [7, 11) is 0. The number of para-hydroxylation sites is 1. The van der Waals surface area contributed by atoms with E-state index in [2.05, 4.69) is 0 Å². The van der Waals surface area contributed by atoms with Crippen molar-refractivity contribution in [2.45, 2.75) is 51.5 Å². The summed E-state index contributed by atoms with van der Waals surface area (Å²) in [5, 5.41) is 31.1. The molecule has 0 unspecified atom stereocenters. The summed E-state index contributed by atoms with van der Waals surface area (Å²) in [5.41, 5.74) is 3.24. The number of carbonyl (C=O) groups is 1. The molecule has 2 aromatic heterocycles. The van der Waals surface area contributed by atoms with Crippen LogP contribution >= 0.6 is 0 Å². The van der Waals surface area contributed by atoms with Crippen LogP contribution in [0.4, 0.5) is 8.78 Å². The number of benzene rings is 3. The second-order valence-corrected chi connectivity index (χ2v) is 10.9. The van der Waals surface area contributed by atoms with Crippen molar-refractivity contribution in [3.63, 3.8) is 0 Å². The normalized spacial score (nSPS) is 13.1. The van der Waals surface area contributed by atoms with Gasteiger partial charge in [-0.15, -0.1) is 0 Å². The fraction of sp³-hybridized carbons (Fsp3) is 0.235. The average molecular weight is 611 g/mol. The zero-order valence-corrected chi connectivity index (χ0v) is 23.7. The maximum atomic E-state index is 14.4. The van der Waals surface area contributed by atoms with Crippen LogP contribution in [0.5, 0.6) is 0 Å². The van der Waals surface area contributed by atoms with E-state index < -0.39 is 36.2 Å². The van der Waals surface area contributed by atoms with Gasteiger partial charge >= 0.3 is 35.5 Å². The SMILES string of the molecule is CC(C)n1c(/C=C/[C@H](O)C[C@@H](O)CC(=O)O)c(-c2ccc(F)cc2)c2c3ccccc3n(Cc3cccc(F)c3)c(=O)c21.[NaH]. The topological polar surface area (TPSA) is 105 Å². The Labute approximate surface area is 275 Å². The van der Waals surface area contributed by atoms with Gasteiger partial charge in [-0.3, -0.25) is 9.59 Å². The van der Waals surface area contributed by atoms with E-state index in [0.29, 0.717) is 38.8 Å². The fourth-order valence-electron chi connectivity index (χ4n) is 5.67. The van der Waals surface area contributed by atoms with Crippen LogP contribution in [0.2, 0.25) is 0 Å². The van der Waals surface area contributed by atoms with Crippen molar-refractivity contribution >= 4 is 63.4 Å². The minimum absolute atomic E-state index is 0. The average Bonchev–Trinajstić information content (AvgIpc) is 3.30. The zero-order valence-electron chi connectivity index (χ0n) is 23.7. The van der Waals surface area contributed by atoms with Gasteiger partial charge in [-0.2, -0.15) is 0 Å². The number of fused-ring (bicyclic) bond motifs is 3. The fourth-order valence-corrected chi connectivity index (χ4v) is 5.67. The summed E-state index contributed by atoms with van der Waals surface area (Å²) < 4.78 is 31.6. The zero-order chi connectivity index (χ0) is 30.8. The number of pyridine rings is 1. The third-order valence-electron chi connectivity index (χ3n) is 7.43. The van der Waals surface area contributed by atoms with Gasteiger partial charge in [0.1, 0.15) is 17.2 Å². The quantitative estimate of drug-likeness (QED) is 0.182. The first kappa shape index (κ1) is 33.3. The molecule has 0 aliphatic heterocycles. The molecule has 0 aliphatic carbocycles. The molecule has 2 heterocycles. The number of carboxylic acid groups (broad SMARTS) is 1. The van der Waals surface area contributed by atoms with Gasteiger partial charge in [0.25, 0.3) is 5.56 Å². The van der Waals surface area contributed by atoms with Gasteiger partial charge in [0, 0.05) is 34.5 Å². The summed E-state index contributed by atoms with van der Waals surface area (Å²) in [6, 6.07) is 19.2. The van der Waals surface area contributed by atoms with Gasteiger partial charge in [-0.25, -0.2) is 8.78 Å². The van der Waals surface area contributed by atoms with Crippen LogP contribution in [-0.4, -0.2) is 72.2 Å². The second kappa shape index (κ2) is 14.0. The molecule has 224 valence electrons. The van der Waals surface area contributed by atoms with Crippen molar-refractivity contribution in [3.8, 4) is 11.1 Å². The Morgan fingerprint density at radius 2 is 1.66 bits per heavy atom. The molecule has 3 N–H and O–H groups in total. The summed E-state index contributed by atoms with van der Waals surface area (Å²) in [6.45, 7) is 3.97.